The minimum atomic E-state index is -4.38. The van der Waals surface area contributed by atoms with Crippen LogP contribution in [0.3, 0.4) is 0 Å². The Hall–Kier alpha value is -1.23. The van der Waals surface area contributed by atoms with Crippen LogP contribution in [-0.4, -0.2) is 17.9 Å². The lowest BCUT2D eigenvalue weighted by molar-refractivity contribution is -0.154. The highest BCUT2D eigenvalue weighted by molar-refractivity contribution is 5.29. The molecule has 0 radical (unpaired) electrons. The van der Waals surface area contributed by atoms with Crippen LogP contribution in [0.4, 0.5) is 13.2 Å². The largest absolute Gasteiger partial charge is 0.494 e. The van der Waals surface area contributed by atoms with Gasteiger partial charge in [0.15, 0.2) is 0 Å². The third-order valence-electron chi connectivity index (χ3n) is 2.14. The maximum Gasteiger partial charge on any atom is 0.391 e. The van der Waals surface area contributed by atoms with Crippen LogP contribution in [0.5, 0.6) is 5.75 Å². The minimum Gasteiger partial charge on any atom is -0.494 e. The van der Waals surface area contributed by atoms with Gasteiger partial charge in [0.05, 0.1) is 19.1 Å². The molecular weight excluding hydrogens is 233 g/mol. The van der Waals surface area contributed by atoms with Gasteiger partial charge in [-0.05, 0) is 24.1 Å². The van der Waals surface area contributed by atoms with E-state index in [4.69, 9.17) is 4.74 Å². The number of ether oxygens (including phenoxy) is 1. The summed E-state index contributed by atoms with van der Waals surface area (Å²) >= 11 is 0. The zero-order valence-corrected chi connectivity index (χ0v) is 9.50. The first-order chi connectivity index (χ1) is 7.92. The van der Waals surface area contributed by atoms with Crippen molar-refractivity contribution in [1.29, 1.82) is 0 Å². The van der Waals surface area contributed by atoms with E-state index in [2.05, 4.69) is 0 Å². The van der Waals surface area contributed by atoms with Crippen molar-refractivity contribution in [2.45, 2.75) is 32.0 Å². The molecule has 0 saturated carbocycles. The van der Waals surface area contributed by atoms with Gasteiger partial charge in [0.25, 0.3) is 0 Å². The molecular formula is C12H15F3O2. The van der Waals surface area contributed by atoms with Gasteiger partial charge in [0.2, 0.25) is 0 Å². The Balaban J connectivity index is 2.70. The van der Waals surface area contributed by atoms with Crippen molar-refractivity contribution in [3.05, 3.63) is 29.8 Å². The molecule has 5 heteroatoms. The van der Waals surface area contributed by atoms with E-state index < -0.39 is 18.7 Å². The number of aliphatic hydroxyl groups excluding tert-OH is 1. The third-order valence-corrected chi connectivity index (χ3v) is 2.14. The van der Waals surface area contributed by atoms with Gasteiger partial charge in [-0.1, -0.05) is 19.1 Å². The predicted octanol–water partition coefficient (Wildman–Crippen LogP) is 3.46. The van der Waals surface area contributed by atoms with Gasteiger partial charge in [-0.15, -0.1) is 0 Å². The smallest absolute Gasteiger partial charge is 0.391 e. The molecule has 0 fully saturated rings. The van der Waals surface area contributed by atoms with E-state index in [1.165, 1.54) is 12.1 Å². The first-order valence-corrected chi connectivity index (χ1v) is 5.40. The Kier molecular flexibility index (Phi) is 4.81. The fraction of sp³-hybridized carbons (Fsp3) is 0.500. The zero-order valence-electron chi connectivity index (χ0n) is 9.50. The van der Waals surface area contributed by atoms with Gasteiger partial charge in [-0.2, -0.15) is 13.2 Å². The molecule has 96 valence electrons. The van der Waals surface area contributed by atoms with Gasteiger partial charge in [-0.25, -0.2) is 0 Å². The van der Waals surface area contributed by atoms with Gasteiger partial charge in [-0.3, -0.25) is 0 Å². The van der Waals surface area contributed by atoms with Crippen molar-refractivity contribution in [3.63, 3.8) is 0 Å². The van der Waals surface area contributed by atoms with Crippen molar-refractivity contribution in [3.8, 4) is 5.75 Å². The van der Waals surface area contributed by atoms with Crippen LogP contribution in [0.2, 0.25) is 0 Å². The molecule has 1 unspecified atom stereocenters. The predicted molar refractivity (Wildman–Crippen MR) is 57.9 cm³/mol. The number of rotatable bonds is 5. The number of hydrogen-bond donors (Lipinski definition) is 1. The van der Waals surface area contributed by atoms with Crippen LogP contribution in [0, 0.1) is 0 Å². The SMILES string of the molecule is CCCOc1cccc(C(O)CC(F)(F)F)c1. The minimum absolute atomic E-state index is 0.218. The molecule has 0 aliphatic heterocycles. The van der Waals surface area contributed by atoms with E-state index in [1.807, 2.05) is 6.92 Å². The molecule has 1 N–H and O–H groups in total. The van der Waals surface area contributed by atoms with Crippen LogP contribution in [0.25, 0.3) is 0 Å². The lowest BCUT2D eigenvalue weighted by atomic mass is 10.1. The highest BCUT2D eigenvalue weighted by atomic mass is 19.4. The van der Waals surface area contributed by atoms with E-state index in [0.717, 1.165) is 6.42 Å². The summed E-state index contributed by atoms with van der Waals surface area (Å²) in [4.78, 5) is 0. The normalized spacial score (nSPS) is 13.5. The van der Waals surface area contributed by atoms with Crippen molar-refractivity contribution in [1.82, 2.24) is 0 Å². The van der Waals surface area contributed by atoms with Gasteiger partial charge >= 0.3 is 6.18 Å². The van der Waals surface area contributed by atoms with E-state index in [9.17, 15) is 18.3 Å². The Labute approximate surface area is 98.0 Å². The third kappa shape index (κ3) is 5.08. The van der Waals surface area contributed by atoms with Crippen molar-refractivity contribution in [2.24, 2.45) is 0 Å². The summed E-state index contributed by atoms with van der Waals surface area (Å²) in [5, 5.41) is 9.43. The summed E-state index contributed by atoms with van der Waals surface area (Å²) in [5.41, 5.74) is 0.218. The maximum absolute atomic E-state index is 12.1. The Morgan fingerprint density at radius 1 is 1.35 bits per heavy atom. The zero-order chi connectivity index (χ0) is 12.9. The van der Waals surface area contributed by atoms with E-state index in [0.29, 0.717) is 12.4 Å². The summed E-state index contributed by atoms with van der Waals surface area (Å²) in [5.74, 6) is 0.477. The molecule has 1 aromatic carbocycles. The second-order valence-corrected chi connectivity index (χ2v) is 3.76. The lowest BCUT2D eigenvalue weighted by Crippen LogP contribution is -2.13. The van der Waals surface area contributed by atoms with E-state index >= 15 is 0 Å². The number of halogens is 3. The number of hydrogen-bond acceptors (Lipinski definition) is 2. The fourth-order valence-corrected chi connectivity index (χ4v) is 1.37. The monoisotopic (exact) mass is 248 g/mol. The topological polar surface area (TPSA) is 29.5 Å². The maximum atomic E-state index is 12.1. The fourth-order valence-electron chi connectivity index (χ4n) is 1.37. The molecule has 1 rings (SSSR count). The molecule has 0 aromatic heterocycles. The van der Waals surface area contributed by atoms with Crippen molar-refractivity contribution >= 4 is 0 Å². The summed E-state index contributed by atoms with van der Waals surface area (Å²) in [7, 11) is 0. The molecule has 0 heterocycles. The molecule has 0 aliphatic rings. The second kappa shape index (κ2) is 5.91. The van der Waals surface area contributed by atoms with Gasteiger partial charge in [0, 0.05) is 0 Å². The first kappa shape index (κ1) is 13.8. The average molecular weight is 248 g/mol. The van der Waals surface area contributed by atoms with Crippen LogP contribution < -0.4 is 4.74 Å². The van der Waals surface area contributed by atoms with E-state index in [1.54, 1.807) is 12.1 Å². The van der Waals surface area contributed by atoms with Crippen molar-refractivity contribution in [2.75, 3.05) is 6.61 Å². The van der Waals surface area contributed by atoms with E-state index in [-0.39, 0.29) is 5.56 Å². The number of aliphatic hydroxyl groups is 1. The Bertz CT molecular complexity index is 350. The van der Waals surface area contributed by atoms with Crippen LogP contribution in [0.1, 0.15) is 31.4 Å². The van der Waals surface area contributed by atoms with Gasteiger partial charge < -0.3 is 9.84 Å². The molecule has 1 atom stereocenters. The summed E-state index contributed by atoms with van der Waals surface area (Å²) in [6, 6.07) is 6.11. The van der Waals surface area contributed by atoms with Crippen molar-refractivity contribution < 1.29 is 23.0 Å². The molecule has 0 bridgehead atoms. The van der Waals surface area contributed by atoms with Crippen LogP contribution >= 0.6 is 0 Å². The molecule has 17 heavy (non-hydrogen) atoms. The molecule has 2 nitrogen and oxygen atoms in total. The number of benzene rings is 1. The highest BCUT2D eigenvalue weighted by Gasteiger charge is 2.31. The Morgan fingerprint density at radius 3 is 2.65 bits per heavy atom. The summed E-state index contributed by atoms with van der Waals surface area (Å²) < 4.78 is 41.6. The quantitative estimate of drug-likeness (QED) is 0.864. The highest BCUT2D eigenvalue weighted by Crippen LogP contribution is 2.30. The summed E-state index contributed by atoms with van der Waals surface area (Å²) in [6.45, 7) is 2.43. The first-order valence-electron chi connectivity index (χ1n) is 5.40. The van der Waals surface area contributed by atoms with Crippen LogP contribution in [-0.2, 0) is 0 Å². The molecule has 1 aromatic rings. The molecule has 0 amide bonds. The number of alkyl halides is 3. The Morgan fingerprint density at radius 2 is 2.06 bits per heavy atom. The lowest BCUT2D eigenvalue weighted by Gasteiger charge is -2.14. The van der Waals surface area contributed by atoms with Crippen LogP contribution in [0.15, 0.2) is 24.3 Å². The average Bonchev–Trinajstić information content (AvgIpc) is 2.24. The molecule has 0 spiro atoms. The molecule has 0 saturated heterocycles. The summed E-state index contributed by atoms with van der Waals surface area (Å²) in [6.07, 6.45) is -6.35. The van der Waals surface area contributed by atoms with Gasteiger partial charge in [0.1, 0.15) is 5.75 Å². The standard InChI is InChI=1S/C12H15F3O2/c1-2-6-17-10-5-3-4-9(7-10)11(16)8-12(13,14)15/h3-5,7,11,16H,2,6,8H2,1H3. The second-order valence-electron chi connectivity index (χ2n) is 3.76. The molecule has 0 aliphatic carbocycles.